The first kappa shape index (κ1) is 12.5. The molecule has 19 heavy (non-hydrogen) atoms. The van der Waals surface area contributed by atoms with E-state index in [1.54, 1.807) is 18.6 Å². The van der Waals surface area contributed by atoms with Gasteiger partial charge in [0, 0.05) is 22.5 Å². The number of likely N-dealkylation sites (tertiary alicyclic amines) is 1. The van der Waals surface area contributed by atoms with Gasteiger partial charge in [0.05, 0.1) is 18.5 Å². The van der Waals surface area contributed by atoms with Gasteiger partial charge in [-0.05, 0) is 12.8 Å². The molecule has 100 valence electrons. The maximum atomic E-state index is 11.1. The Labute approximate surface area is 118 Å². The van der Waals surface area contributed by atoms with E-state index in [4.69, 9.17) is 5.84 Å². The predicted molar refractivity (Wildman–Crippen MR) is 70.6 cm³/mol. The van der Waals surface area contributed by atoms with Crippen LogP contribution in [0.5, 0.6) is 0 Å². The van der Waals surface area contributed by atoms with E-state index in [1.165, 1.54) is 4.90 Å². The van der Waals surface area contributed by atoms with E-state index in [-0.39, 0.29) is 10.6 Å². The Hall–Kier alpha value is -1.51. The molecule has 3 heterocycles. The van der Waals surface area contributed by atoms with E-state index < -0.39 is 6.09 Å². The Balaban J connectivity index is 2.05. The fraction of sp³-hybridized carbons (Fsp3) is 0.364. The van der Waals surface area contributed by atoms with Crippen LogP contribution in [-0.2, 0) is 0 Å². The zero-order valence-corrected chi connectivity index (χ0v) is 11.6. The number of carbonyl (C=O) groups excluding carboxylic acids is 1. The van der Waals surface area contributed by atoms with Crippen molar-refractivity contribution in [2.24, 2.45) is 15.8 Å². The molecule has 8 heteroatoms. The Morgan fingerprint density at radius 1 is 1.63 bits per heavy atom. The van der Waals surface area contributed by atoms with Gasteiger partial charge in [-0.25, -0.2) is 0 Å². The molecule has 0 aromatic carbocycles. The van der Waals surface area contributed by atoms with Crippen molar-refractivity contribution in [2.75, 3.05) is 6.54 Å². The maximum absolute atomic E-state index is 11.1. The fourth-order valence-corrected chi connectivity index (χ4v) is 3.10. The summed E-state index contributed by atoms with van der Waals surface area (Å²) >= 11 is 3.34. The van der Waals surface area contributed by atoms with Gasteiger partial charge in [-0.1, -0.05) is 0 Å². The molecule has 1 amide bonds. The van der Waals surface area contributed by atoms with E-state index in [1.807, 2.05) is 0 Å². The summed E-state index contributed by atoms with van der Waals surface area (Å²) in [6, 6.07) is -0.311. The largest absolute Gasteiger partial charge is 0.530 e. The number of carboxylic acid groups (broad SMARTS) is 1. The van der Waals surface area contributed by atoms with Crippen molar-refractivity contribution in [3.63, 3.8) is 0 Å². The lowest BCUT2D eigenvalue weighted by molar-refractivity contribution is -0.746. The van der Waals surface area contributed by atoms with Crippen molar-refractivity contribution in [3.05, 3.63) is 23.8 Å². The normalized spacial score (nSPS) is 32.8. The Kier molecular flexibility index (Phi) is 2.80. The van der Waals surface area contributed by atoms with Gasteiger partial charge in [0.15, 0.2) is 0 Å². The molecule has 0 spiro atoms. The first-order chi connectivity index (χ1) is 9.04. The Bertz CT molecular complexity index is 567. The third kappa shape index (κ3) is 1.75. The van der Waals surface area contributed by atoms with Crippen LogP contribution in [0.15, 0.2) is 33.8 Å². The summed E-state index contributed by atoms with van der Waals surface area (Å²) in [6.45, 7) is 0.467. The topological polar surface area (TPSA) is 94.1 Å². The van der Waals surface area contributed by atoms with Crippen LogP contribution in [-0.4, -0.2) is 39.1 Å². The molecule has 3 aliphatic rings. The monoisotopic (exact) mass is 325 g/mol. The number of allylic oxidation sites excluding steroid dienone is 1. The van der Waals surface area contributed by atoms with Crippen molar-refractivity contribution < 1.29 is 14.5 Å². The smallest absolute Gasteiger partial charge is 0.301 e. The predicted octanol–water partition coefficient (Wildman–Crippen LogP) is 0.0163. The van der Waals surface area contributed by atoms with Crippen molar-refractivity contribution in [1.29, 1.82) is 0 Å². The Morgan fingerprint density at radius 2 is 2.42 bits per heavy atom. The second-order valence-electron chi connectivity index (χ2n) is 4.62. The number of carbonyl (C=O) groups is 1. The lowest BCUT2D eigenvalue weighted by Gasteiger charge is -2.27. The highest BCUT2D eigenvalue weighted by atomic mass is 79.9. The molecule has 1 saturated heterocycles. The average Bonchev–Trinajstić information content (AvgIpc) is 2.93. The minimum absolute atomic E-state index is 0.101. The minimum Gasteiger partial charge on any atom is -0.530 e. The van der Waals surface area contributed by atoms with Gasteiger partial charge in [0.1, 0.15) is 18.0 Å². The number of hydrogen-bond donors (Lipinski definition) is 1. The molecule has 0 bridgehead atoms. The summed E-state index contributed by atoms with van der Waals surface area (Å²) < 4.78 is 0.418. The minimum atomic E-state index is -1.17. The van der Waals surface area contributed by atoms with Crippen LogP contribution < -0.4 is 10.9 Å². The van der Waals surface area contributed by atoms with Gasteiger partial charge in [0.25, 0.3) is 0 Å². The lowest BCUT2D eigenvalue weighted by atomic mass is 10.1. The molecule has 0 saturated carbocycles. The lowest BCUT2D eigenvalue weighted by Crippen LogP contribution is -2.51. The molecule has 2 unspecified atom stereocenters. The van der Waals surface area contributed by atoms with Gasteiger partial charge in [0.2, 0.25) is 5.70 Å². The van der Waals surface area contributed by atoms with Crippen molar-refractivity contribution >= 4 is 33.0 Å². The number of amides is 1. The average molecular weight is 326 g/mol. The molecule has 2 N–H and O–H groups in total. The van der Waals surface area contributed by atoms with Gasteiger partial charge >= 0.3 is 4.74 Å². The van der Waals surface area contributed by atoms with Gasteiger partial charge in [-0.15, -0.1) is 4.59 Å². The quantitative estimate of drug-likeness (QED) is 0.418. The van der Waals surface area contributed by atoms with Crippen molar-refractivity contribution in [2.45, 2.75) is 18.9 Å². The van der Waals surface area contributed by atoms with Crippen LogP contribution >= 0.6 is 15.9 Å². The van der Waals surface area contributed by atoms with E-state index >= 15 is 0 Å². The van der Waals surface area contributed by atoms with E-state index in [0.29, 0.717) is 29.1 Å². The fourth-order valence-electron chi connectivity index (χ4n) is 2.60. The first-order valence-corrected chi connectivity index (χ1v) is 6.68. The van der Waals surface area contributed by atoms with Gasteiger partial charge in [-0.3, -0.25) is 4.99 Å². The highest BCUT2D eigenvalue weighted by Gasteiger charge is 2.45. The molecule has 0 aliphatic carbocycles. The standard InChI is InChI=1S/C11H12BrN5O2/c12-10-15-9(7-2-1-4-16(7)11(18)19)8-6-14-3-5-17(8,10)13/h3,5-7H,1-2,4,13H2. The highest BCUT2D eigenvalue weighted by Crippen LogP contribution is 2.36. The number of amidine groups is 1. The van der Waals surface area contributed by atoms with Crippen LogP contribution in [0.3, 0.4) is 0 Å². The molecular weight excluding hydrogens is 314 g/mol. The van der Waals surface area contributed by atoms with Crippen LogP contribution in [0, 0.1) is 0 Å². The second kappa shape index (κ2) is 4.26. The summed E-state index contributed by atoms with van der Waals surface area (Å²) in [7, 11) is 0. The number of hydrogen-bond acceptors (Lipinski definition) is 5. The molecule has 3 aliphatic heterocycles. The second-order valence-corrected chi connectivity index (χ2v) is 5.33. The summed E-state index contributed by atoms with van der Waals surface area (Å²) in [6.07, 6.45) is 5.24. The van der Waals surface area contributed by atoms with Gasteiger partial charge in [-0.2, -0.15) is 10.8 Å². The molecular formula is C11H12BrN5O2. The molecule has 7 nitrogen and oxygen atoms in total. The van der Waals surface area contributed by atoms with E-state index in [9.17, 15) is 9.90 Å². The molecule has 1 fully saturated rings. The number of nitrogens with zero attached hydrogens (tertiary/aromatic N) is 4. The summed E-state index contributed by atoms with van der Waals surface area (Å²) in [4.78, 5) is 20.9. The number of rotatable bonds is 1. The third-order valence-electron chi connectivity index (χ3n) is 3.57. The SMILES string of the molecule is N[N+]12C=CN=CC1=C(C1CCCN1C(=O)[O-])N=C2Br. The number of aliphatic imine (C=N–C) groups is 2. The molecule has 0 aromatic rings. The van der Waals surface area contributed by atoms with E-state index in [0.717, 1.165) is 6.42 Å². The number of halogens is 1. The van der Waals surface area contributed by atoms with E-state index in [2.05, 4.69) is 25.9 Å². The zero-order valence-electron chi connectivity index (χ0n) is 9.99. The summed E-state index contributed by atoms with van der Waals surface area (Å²) in [5.41, 5.74) is 1.33. The molecule has 3 rings (SSSR count). The van der Waals surface area contributed by atoms with Crippen molar-refractivity contribution in [3.8, 4) is 0 Å². The zero-order chi connectivity index (χ0) is 13.6. The van der Waals surface area contributed by atoms with Gasteiger partial charge < -0.3 is 14.8 Å². The Morgan fingerprint density at radius 3 is 3.16 bits per heavy atom. The molecule has 2 atom stereocenters. The summed E-state index contributed by atoms with van der Waals surface area (Å²) in [5.74, 6) is 6.23. The van der Waals surface area contributed by atoms with Crippen LogP contribution in [0.25, 0.3) is 0 Å². The van der Waals surface area contributed by atoms with Crippen LogP contribution in [0.4, 0.5) is 4.79 Å². The first-order valence-electron chi connectivity index (χ1n) is 5.89. The summed E-state index contributed by atoms with van der Waals surface area (Å²) in [5, 5.41) is 11.1. The molecule has 0 radical (unpaired) electrons. The third-order valence-corrected chi connectivity index (χ3v) is 4.33. The van der Waals surface area contributed by atoms with Crippen LogP contribution in [0.2, 0.25) is 0 Å². The highest BCUT2D eigenvalue weighted by molar-refractivity contribution is 9.18. The number of quaternary nitrogens is 1. The number of fused-ring (bicyclic) bond motifs is 1. The van der Waals surface area contributed by atoms with Crippen molar-refractivity contribution in [1.82, 2.24) is 4.90 Å². The molecule has 0 aromatic heterocycles. The number of nitrogens with two attached hydrogens (primary N) is 1. The maximum Gasteiger partial charge on any atom is 0.301 e. The van der Waals surface area contributed by atoms with Crippen LogP contribution in [0.1, 0.15) is 12.8 Å².